The maximum atomic E-state index is 13.2. The Morgan fingerprint density at radius 2 is 1.65 bits per heavy atom. The number of benzene rings is 1. The highest BCUT2D eigenvalue weighted by Gasteiger charge is 2.36. The molecular formula is C26H33N5O3. The molecule has 2 amide bonds. The van der Waals surface area contributed by atoms with Crippen molar-refractivity contribution in [3.63, 3.8) is 0 Å². The van der Waals surface area contributed by atoms with E-state index in [2.05, 4.69) is 21.9 Å². The molecule has 1 aromatic carbocycles. The second-order valence-electron chi connectivity index (χ2n) is 9.76. The summed E-state index contributed by atoms with van der Waals surface area (Å²) in [5, 5.41) is 0. The van der Waals surface area contributed by atoms with Crippen LogP contribution >= 0.6 is 0 Å². The van der Waals surface area contributed by atoms with Gasteiger partial charge in [0.05, 0.1) is 5.56 Å². The van der Waals surface area contributed by atoms with Crippen LogP contribution in [0.15, 0.2) is 42.7 Å². The maximum Gasteiger partial charge on any atom is 0.257 e. The van der Waals surface area contributed by atoms with Crippen LogP contribution in [0, 0.1) is 5.92 Å². The quantitative estimate of drug-likeness (QED) is 0.655. The third kappa shape index (κ3) is 5.38. The number of para-hydroxylation sites is 1. The number of rotatable bonds is 6. The Morgan fingerprint density at radius 3 is 2.32 bits per heavy atom. The minimum Gasteiger partial charge on any atom is -0.490 e. The van der Waals surface area contributed by atoms with Gasteiger partial charge in [0.15, 0.2) is 0 Å². The number of carbonyl (C=O) groups excluding carboxylic acids is 2. The van der Waals surface area contributed by atoms with Crippen LogP contribution in [0.1, 0.15) is 47.8 Å². The summed E-state index contributed by atoms with van der Waals surface area (Å²) in [7, 11) is 2.08. The summed E-state index contributed by atoms with van der Waals surface area (Å²) in [5.41, 5.74) is 0.510. The molecule has 2 saturated heterocycles. The van der Waals surface area contributed by atoms with Crippen molar-refractivity contribution < 1.29 is 14.3 Å². The van der Waals surface area contributed by atoms with E-state index in [1.807, 2.05) is 40.1 Å². The topological polar surface area (TPSA) is 78.9 Å². The van der Waals surface area contributed by atoms with E-state index in [0.29, 0.717) is 37.4 Å². The first-order valence-corrected chi connectivity index (χ1v) is 12.4. The van der Waals surface area contributed by atoms with Gasteiger partial charge in [-0.1, -0.05) is 18.2 Å². The fourth-order valence-electron chi connectivity index (χ4n) is 4.81. The number of ether oxygens (including phenoxy) is 1. The molecule has 0 spiro atoms. The van der Waals surface area contributed by atoms with Crippen LogP contribution in [0.2, 0.25) is 0 Å². The number of hydrogen-bond donors (Lipinski definition) is 0. The molecule has 1 saturated carbocycles. The molecule has 1 aliphatic carbocycles. The molecule has 2 aliphatic heterocycles. The van der Waals surface area contributed by atoms with E-state index in [9.17, 15) is 9.59 Å². The van der Waals surface area contributed by atoms with Crippen molar-refractivity contribution in [2.45, 2.75) is 37.7 Å². The van der Waals surface area contributed by atoms with Gasteiger partial charge in [-0.2, -0.15) is 0 Å². The first-order valence-electron chi connectivity index (χ1n) is 12.4. The molecule has 8 heteroatoms. The Kier molecular flexibility index (Phi) is 6.76. The molecule has 2 atom stereocenters. The zero-order valence-electron chi connectivity index (χ0n) is 19.8. The van der Waals surface area contributed by atoms with E-state index < -0.39 is 0 Å². The molecule has 180 valence electrons. The van der Waals surface area contributed by atoms with Gasteiger partial charge in [-0.15, -0.1) is 0 Å². The van der Waals surface area contributed by atoms with Crippen molar-refractivity contribution in [3.8, 4) is 5.75 Å². The number of piperazine rings is 1. The van der Waals surface area contributed by atoms with Gasteiger partial charge >= 0.3 is 0 Å². The first-order chi connectivity index (χ1) is 16.6. The maximum absolute atomic E-state index is 13.2. The SMILES string of the molecule is CN1CCN(C(=O)C[C@H]2CN(C(=O)c3cnc(C4CC4)nc3)CC[C@@H]2Oc2ccccc2)CC1. The molecule has 3 heterocycles. The second-order valence-corrected chi connectivity index (χ2v) is 9.76. The van der Waals surface area contributed by atoms with Crippen molar-refractivity contribution in [3.05, 3.63) is 54.1 Å². The van der Waals surface area contributed by atoms with Crippen molar-refractivity contribution in [2.75, 3.05) is 46.3 Å². The molecule has 34 heavy (non-hydrogen) atoms. The lowest BCUT2D eigenvalue weighted by Crippen LogP contribution is -2.51. The molecular weight excluding hydrogens is 430 g/mol. The summed E-state index contributed by atoms with van der Waals surface area (Å²) in [6.45, 7) is 4.35. The minimum atomic E-state index is -0.114. The Hall–Kier alpha value is -3.00. The zero-order chi connectivity index (χ0) is 23.5. The molecule has 0 bridgehead atoms. The highest BCUT2D eigenvalue weighted by Crippen LogP contribution is 2.37. The van der Waals surface area contributed by atoms with E-state index in [4.69, 9.17) is 4.74 Å². The fraction of sp³-hybridized carbons (Fsp3) is 0.538. The number of piperidine rings is 1. The number of likely N-dealkylation sites (N-methyl/N-ethyl adjacent to an activating group) is 1. The average Bonchev–Trinajstić information content (AvgIpc) is 3.71. The van der Waals surface area contributed by atoms with Gasteiger partial charge in [0, 0.05) is 76.3 Å². The van der Waals surface area contributed by atoms with Crippen molar-refractivity contribution in [2.24, 2.45) is 5.92 Å². The van der Waals surface area contributed by atoms with Gasteiger partial charge in [-0.05, 0) is 32.0 Å². The highest BCUT2D eigenvalue weighted by molar-refractivity contribution is 5.93. The Balaban J connectivity index is 1.28. The summed E-state index contributed by atoms with van der Waals surface area (Å²) in [5.74, 6) is 2.09. The van der Waals surface area contributed by atoms with Gasteiger partial charge in [0.1, 0.15) is 17.7 Å². The third-order valence-electron chi connectivity index (χ3n) is 7.14. The van der Waals surface area contributed by atoms with Crippen LogP contribution in [0.3, 0.4) is 0 Å². The summed E-state index contributed by atoms with van der Waals surface area (Å²) in [6.07, 6.45) is 6.51. The summed E-state index contributed by atoms with van der Waals surface area (Å²) in [6, 6.07) is 9.73. The molecule has 0 N–H and O–H groups in total. The van der Waals surface area contributed by atoms with Crippen LogP contribution in [0.5, 0.6) is 5.75 Å². The number of amides is 2. The number of likely N-dealkylation sites (tertiary alicyclic amines) is 1. The summed E-state index contributed by atoms with van der Waals surface area (Å²) < 4.78 is 6.31. The lowest BCUT2D eigenvalue weighted by molar-refractivity contribution is -0.135. The smallest absolute Gasteiger partial charge is 0.257 e. The van der Waals surface area contributed by atoms with Gasteiger partial charge in [-0.25, -0.2) is 9.97 Å². The van der Waals surface area contributed by atoms with Crippen LogP contribution in [-0.2, 0) is 4.79 Å². The molecule has 5 rings (SSSR count). The van der Waals surface area contributed by atoms with E-state index in [-0.39, 0.29) is 23.8 Å². The fourth-order valence-corrected chi connectivity index (χ4v) is 4.81. The first kappa shape index (κ1) is 22.8. The Morgan fingerprint density at radius 1 is 0.941 bits per heavy atom. The minimum absolute atomic E-state index is 0.0717. The Labute approximate surface area is 200 Å². The standard InChI is InChI=1S/C26H33N5O3/c1-29-11-13-30(14-12-29)24(32)15-20-18-31(10-9-23(20)34-22-5-3-2-4-6-22)26(33)21-16-27-25(28-17-21)19-7-8-19/h2-6,16-17,19-20,23H,7-15,18H2,1H3/t20-,23-/m0/s1. The van der Waals surface area contributed by atoms with Crippen LogP contribution in [0.4, 0.5) is 0 Å². The van der Waals surface area contributed by atoms with Crippen LogP contribution in [0.25, 0.3) is 0 Å². The number of hydrogen-bond acceptors (Lipinski definition) is 6. The van der Waals surface area contributed by atoms with Gasteiger partial charge in [0.25, 0.3) is 5.91 Å². The second kappa shape index (κ2) is 10.1. The zero-order valence-corrected chi connectivity index (χ0v) is 19.8. The van der Waals surface area contributed by atoms with Gasteiger partial charge in [0.2, 0.25) is 5.91 Å². The van der Waals surface area contributed by atoms with Crippen molar-refractivity contribution in [1.82, 2.24) is 24.7 Å². The van der Waals surface area contributed by atoms with Crippen molar-refractivity contribution in [1.29, 1.82) is 0 Å². The molecule has 3 aliphatic rings. The summed E-state index contributed by atoms with van der Waals surface area (Å²) in [4.78, 5) is 41.2. The number of carbonyl (C=O) groups is 2. The largest absolute Gasteiger partial charge is 0.490 e. The van der Waals surface area contributed by atoms with E-state index in [0.717, 1.165) is 50.6 Å². The molecule has 2 aromatic rings. The number of nitrogens with zero attached hydrogens (tertiary/aromatic N) is 5. The molecule has 3 fully saturated rings. The molecule has 8 nitrogen and oxygen atoms in total. The van der Waals surface area contributed by atoms with Crippen LogP contribution in [-0.4, -0.2) is 88.9 Å². The highest BCUT2D eigenvalue weighted by atomic mass is 16.5. The van der Waals surface area contributed by atoms with Crippen LogP contribution < -0.4 is 4.74 Å². The van der Waals surface area contributed by atoms with Crippen molar-refractivity contribution >= 4 is 11.8 Å². The Bertz CT molecular complexity index is 987. The van der Waals surface area contributed by atoms with E-state index in [1.165, 1.54) is 0 Å². The monoisotopic (exact) mass is 463 g/mol. The van der Waals surface area contributed by atoms with Gasteiger partial charge in [-0.3, -0.25) is 9.59 Å². The molecule has 0 unspecified atom stereocenters. The van der Waals surface area contributed by atoms with E-state index >= 15 is 0 Å². The molecule has 1 aromatic heterocycles. The lowest BCUT2D eigenvalue weighted by Gasteiger charge is -2.40. The van der Waals surface area contributed by atoms with E-state index in [1.54, 1.807) is 12.4 Å². The third-order valence-corrected chi connectivity index (χ3v) is 7.14. The molecule has 0 radical (unpaired) electrons. The predicted octanol–water partition coefficient (Wildman–Crippen LogP) is 2.43. The number of aromatic nitrogens is 2. The average molecular weight is 464 g/mol. The lowest BCUT2D eigenvalue weighted by atomic mass is 9.90. The van der Waals surface area contributed by atoms with Gasteiger partial charge < -0.3 is 19.4 Å². The predicted molar refractivity (Wildman–Crippen MR) is 128 cm³/mol. The summed E-state index contributed by atoms with van der Waals surface area (Å²) >= 11 is 0. The normalized spacial score (nSPS) is 23.6.